The van der Waals surface area contributed by atoms with Gasteiger partial charge in [-0.2, -0.15) is 0 Å². The highest BCUT2D eigenvalue weighted by Crippen LogP contribution is 2.29. The van der Waals surface area contributed by atoms with Crippen molar-refractivity contribution in [3.8, 4) is 17.1 Å². The predicted molar refractivity (Wildman–Crippen MR) is 135 cm³/mol. The minimum Gasteiger partial charge on any atom is -0.467 e. The summed E-state index contributed by atoms with van der Waals surface area (Å²) in [5, 5.41) is 14.7. The quantitative estimate of drug-likeness (QED) is 0.447. The van der Waals surface area contributed by atoms with Gasteiger partial charge in [0.2, 0.25) is 0 Å². The Kier molecular flexibility index (Phi) is 7.94. The molecule has 1 aromatic carbocycles. The lowest BCUT2D eigenvalue weighted by atomic mass is 9.90. The van der Waals surface area contributed by atoms with Gasteiger partial charge in [0.1, 0.15) is 5.82 Å². The zero-order valence-electron chi connectivity index (χ0n) is 20.3. The van der Waals surface area contributed by atoms with Gasteiger partial charge in [-0.25, -0.2) is 24.5 Å². The Morgan fingerprint density at radius 1 is 0.972 bits per heavy atom. The maximum Gasteiger partial charge on any atom is 0.404 e. The number of benzene rings is 1. The zero-order valence-corrected chi connectivity index (χ0v) is 20.3. The van der Waals surface area contributed by atoms with E-state index in [1.165, 1.54) is 7.11 Å². The molecule has 3 aromatic rings. The summed E-state index contributed by atoms with van der Waals surface area (Å²) in [4.78, 5) is 39.2. The molecule has 0 radical (unpaired) electrons. The van der Waals surface area contributed by atoms with Crippen LogP contribution in [0.3, 0.4) is 0 Å². The van der Waals surface area contributed by atoms with Gasteiger partial charge in [-0.3, -0.25) is 4.90 Å². The van der Waals surface area contributed by atoms with Gasteiger partial charge >= 0.3 is 18.1 Å². The van der Waals surface area contributed by atoms with Crippen LogP contribution in [0.15, 0.2) is 61.1 Å². The zero-order chi connectivity index (χ0) is 25.5. The first kappa shape index (κ1) is 24.9. The number of carbonyl (C=O) groups is 2. The van der Waals surface area contributed by atoms with E-state index in [4.69, 9.17) is 9.84 Å². The van der Waals surface area contributed by atoms with E-state index in [2.05, 4.69) is 25.6 Å². The van der Waals surface area contributed by atoms with E-state index in [0.29, 0.717) is 31.5 Å². The molecule has 1 aliphatic carbocycles. The third kappa shape index (κ3) is 6.07. The summed E-state index contributed by atoms with van der Waals surface area (Å²) in [5.41, 5.74) is 2.60. The lowest BCUT2D eigenvalue weighted by Gasteiger charge is -2.36. The van der Waals surface area contributed by atoms with Crippen molar-refractivity contribution >= 4 is 17.9 Å². The first-order valence-corrected chi connectivity index (χ1v) is 11.9. The van der Waals surface area contributed by atoms with Crippen molar-refractivity contribution in [1.29, 1.82) is 0 Å². The molecule has 1 aliphatic rings. The Labute approximate surface area is 209 Å². The van der Waals surface area contributed by atoms with Gasteiger partial charge < -0.3 is 20.5 Å². The van der Waals surface area contributed by atoms with Crippen molar-refractivity contribution in [3.63, 3.8) is 0 Å². The number of hydrogen-bond acceptors (Lipinski definition) is 6. The maximum absolute atomic E-state index is 13.5. The normalized spacial score (nSPS) is 18.1. The molecule has 1 atom stereocenters. The van der Waals surface area contributed by atoms with Crippen LogP contribution in [0.25, 0.3) is 11.1 Å². The lowest BCUT2D eigenvalue weighted by Crippen LogP contribution is -2.50. The lowest BCUT2D eigenvalue weighted by molar-refractivity contribution is 0.184. The molecule has 0 spiro atoms. The standard InChI is InChI=1S/C26H30N6O4/c1-17(18-6-4-3-5-7-18)30-25(33)32(22-11-9-21(10-12-22)31-26(34)35)23-13-8-19(14-27-23)20-15-28-24(36-2)29-16-20/h3-8,13-17,21-22,31H,9-12H2,1-2H3,(H,30,33)(H,34,35)/t17-,21?,22?/m0/s1. The summed E-state index contributed by atoms with van der Waals surface area (Å²) in [5.74, 6) is 0.528. The maximum atomic E-state index is 13.5. The molecule has 10 nitrogen and oxygen atoms in total. The number of urea groups is 1. The molecule has 1 fully saturated rings. The number of rotatable bonds is 7. The SMILES string of the molecule is COc1ncc(-c2ccc(N(C(=O)N[C@@H](C)c3ccccc3)C3CCC(NC(=O)O)CC3)nc2)cn1. The number of ether oxygens (including phenoxy) is 1. The van der Waals surface area contributed by atoms with Crippen molar-refractivity contribution in [3.05, 3.63) is 66.6 Å². The molecular weight excluding hydrogens is 460 g/mol. The van der Waals surface area contributed by atoms with Gasteiger partial charge in [0.15, 0.2) is 0 Å². The van der Waals surface area contributed by atoms with Crippen LogP contribution in [0.5, 0.6) is 6.01 Å². The smallest absolute Gasteiger partial charge is 0.404 e. The predicted octanol–water partition coefficient (Wildman–Crippen LogP) is 4.40. The summed E-state index contributed by atoms with van der Waals surface area (Å²) in [6.45, 7) is 1.94. The van der Waals surface area contributed by atoms with Crippen LogP contribution in [0.2, 0.25) is 0 Å². The fourth-order valence-corrected chi connectivity index (χ4v) is 4.46. The first-order chi connectivity index (χ1) is 17.4. The van der Waals surface area contributed by atoms with Crippen molar-refractivity contribution in [2.24, 2.45) is 0 Å². The van der Waals surface area contributed by atoms with Crippen LogP contribution in [0.4, 0.5) is 15.4 Å². The molecule has 10 heteroatoms. The van der Waals surface area contributed by atoms with E-state index < -0.39 is 6.09 Å². The molecule has 3 amide bonds. The Hall–Kier alpha value is -4.21. The van der Waals surface area contributed by atoms with E-state index in [0.717, 1.165) is 16.7 Å². The van der Waals surface area contributed by atoms with Gasteiger partial charge in [-0.1, -0.05) is 30.3 Å². The summed E-state index contributed by atoms with van der Waals surface area (Å²) >= 11 is 0. The van der Waals surface area contributed by atoms with Crippen LogP contribution < -0.4 is 20.3 Å². The van der Waals surface area contributed by atoms with Crippen molar-refractivity contribution in [2.75, 3.05) is 12.0 Å². The number of methoxy groups -OCH3 is 1. The number of hydrogen-bond donors (Lipinski definition) is 3. The van der Waals surface area contributed by atoms with E-state index in [1.807, 2.05) is 49.4 Å². The number of carboxylic acid groups (broad SMARTS) is 1. The molecule has 0 aliphatic heterocycles. The fourth-order valence-electron chi connectivity index (χ4n) is 4.46. The van der Waals surface area contributed by atoms with Crippen LogP contribution in [0, 0.1) is 0 Å². The number of aromatic nitrogens is 3. The molecular formula is C26H30N6O4. The topological polar surface area (TPSA) is 130 Å². The van der Waals surface area contributed by atoms with Gasteiger partial charge in [-0.05, 0) is 50.3 Å². The fraction of sp³-hybridized carbons (Fsp3) is 0.346. The molecule has 3 N–H and O–H groups in total. The highest BCUT2D eigenvalue weighted by atomic mass is 16.5. The molecule has 0 unspecified atom stereocenters. The first-order valence-electron chi connectivity index (χ1n) is 11.9. The Bertz CT molecular complexity index is 1150. The summed E-state index contributed by atoms with van der Waals surface area (Å²) in [7, 11) is 1.51. The summed E-state index contributed by atoms with van der Waals surface area (Å²) in [6, 6.07) is 13.1. The second kappa shape index (κ2) is 11.5. The Balaban J connectivity index is 1.55. The van der Waals surface area contributed by atoms with Crippen LogP contribution in [-0.4, -0.2) is 51.4 Å². The number of nitrogens with zero attached hydrogens (tertiary/aromatic N) is 4. The average Bonchev–Trinajstić information content (AvgIpc) is 2.90. The molecule has 4 rings (SSSR count). The number of anilines is 1. The van der Waals surface area contributed by atoms with Gasteiger partial charge in [0.25, 0.3) is 0 Å². The molecule has 0 saturated heterocycles. The third-order valence-electron chi connectivity index (χ3n) is 6.39. The average molecular weight is 491 g/mol. The van der Waals surface area contributed by atoms with E-state index >= 15 is 0 Å². The molecule has 2 aromatic heterocycles. The largest absolute Gasteiger partial charge is 0.467 e. The second-order valence-corrected chi connectivity index (χ2v) is 8.77. The monoisotopic (exact) mass is 490 g/mol. The molecule has 0 bridgehead atoms. The second-order valence-electron chi connectivity index (χ2n) is 8.77. The van der Waals surface area contributed by atoms with Crippen molar-refractivity contribution < 1.29 is 19.4 Å². The van der Waals surface area contributed by atoms with E-state index in [9.17, 15) is 9.59 Å². The third-order valence-corrected chi connectivity index (χ3v) is 6.39. The summed E-state index contributed by atoms with van der Waals surface area (Å²) in [6.07, 6.45) is 6.61. The Morgan fingerprint density at radius 3 is 2.22 bits per heavy atom. The van der Waals surface area contributed by atoms with Gasteiger partial charge in [0.05, 0.1) is 13.2 Å². The van der Waals surface area contributed by atoms with E-state index in [1.54, 1.807) is 23.5 Å². The highest BCUT2D eigenvalue weighted by molar-refractivity contribution is 5.92. The van der Waals surface area contributed by atoms with E-state index in [-0.39, 0.29) is 30.2 Å². The summed E-state index contributed by atoms with van der Waals surface area (Å²) < 4.78 is 5.02. The highest BCUT2D eigenvalue weighted by Gasteiger charge is 2.32. The number of pyridine rings is 1. The van der Waals surface area contributed by atoms with Crippen LogP contribution >= 0.6 is 0 Å². The molecule has 1 saturated carbocycles. The minimum absolute atomic E-state index is 0.109. The van der Waals surface area contributed by atoms with Crippen LogP contribution in [0.1, 0.15) is 44.2 Å². The number of carbonyl (C=O) groups excluding carboxylic acids is 1. The molecule has 2 heterocycles. The molecule has 188 valence electrons. The van der Waals surface area contributed by atoms with Gasteiger partial charge in [0, 0.05) is 41.8 Å². The number of amides is 3. The van der Waals surface area contributed by atoms with Crippen LogP contribution in [-0.2, 0) is 0 Å². The van der Waals surface area contributed by atoms with Crippen molar-refractivity contribution in [2.45, 2.75) is 50.7 Å². The molecule has 36 heavy (non-hydrogen) atoms. The van der Waals surface area contributed by atoms with Crippen molar-refractivity contribution in [1.82, 2.24) is 25.6 Å². The minimum atomic E-state index is -1.02. The number of nitrogens with one attached hydrogen (secondary N) is 2. The Morgan fingerprint density at radius 2 is 1.64 bits per heavy atom. The van der Waals surface area contributed by atoms with Gasteiger partial charge in [-0.15, -0.1) is 0 Å².